The molecule has 1 amide bonds. The van der Waals surface area contributed by atoms with Gasteiger partial charge in [0, 0.05) is 5.56 Å². The van der Waals surface area contributed by atoms with Gasteiger partial charge in [0.05, 0.1) is 23.4 Å². The zero-order valence-electron chi connectivity index (χ0n) is 17.7. The molecule has 10 heteroatoms. The van der Waals surface area contributed by atoms with Gasteiger partial charge in [-0.1, -0.05) is 48.0 Å². The van der Waals surface area contributed by atoms with Crippen LogP contribution in [0.15, 0.2) is 71.6 Å². The van der Waals surface area contributed by atoms with Crippen molar-refractivity contribution in [1.82, 2.24) is 0 Å². The minimum Gasteiger partial charge on any atom is -0.495 e. The molecule has 33 heavy (non-hydrogen) atoms. The Balaban J connectivity index is 1.94. The monoisotopic (exact) mass is 488 g/mol. The van der Waals surface area contributed by atoms with Crippen molar-refractivity contribution in [2.75, 3.05) is 12.4 Å². The molecular weight excluding hydrogens is 468 g/mol. The van der Waals surface area contributed by atoms with Gasteiger partial charge in [-0.15, -0.1) is 0 Å². The number of ether oxygens (including phenoxy) is 2. The Morgan fingerprint density at radius 3 is 2.36 bits per heavy atom. The molecule has 0 spiro atoms. The molecule has 0 aliphatic carbocycles. The largest absolute Gasteiger partial charge is 0.495 e. The number of aryl methyl sites for hydroxylation is 1. The first-order valence-corrected chi connectivity index (χ1v) is 11.6. The van der Waals surface area contributed by atoms with Gasteiger partial charge in [0.15, 0.2) is 0 Å². The van der Waals surface area contributed by atoms with E-state index in [0.717, 1.165) is 11.6 Å². The molecular formula is C23H21ClN2O6S. The fraction of sp³-hybridized carbons (Fsp3) is 0.130. The van der Waals surface area contributed by atoms with Crippen molar-refractivity contribution in [3.05, 3.63) is 88.4 Å². The van der Waals surface area contributed by atoms with Crippen LogP contribution in [0.25, 0.3) is 0 Å². The van der Waals surface area contributed by atoms with E-state index in [4.69, 9.17) is 26.2 Å². The standard InChI is InChI=1S/C23H21ClN2O6S/c1-14-8-11-19(31-2)18(12-14)26-22(27)21(15-6-4-3-5-7-15)32-23(28)16-9-10-17(24)20(13-16)33(25,29)30/h3-13,21H,1-2H3,(H,26,27)(H2,25,29,30)/t21-/m0/s1. The van der Waals surface area contributed by atoms with Gasteiger partial charge < -0.3 is 14.8 Å². The second-order valence-electron chi connectivity index (χ2n) is 7.08. The van der Waals surface area contributed by atoms with Gasteiger partial charge in [-0.05, 0) is 42.8 Å². The van der Waals surface area contributed by atoms with E-state index in [9.17, 15) is 18.0 Å². The van der Waals surface area contributed by atoms with Crippen LogP contribution >= 0.6 is 11.6 Å². The van der Waals surface area contributed by atoms with Crippen LogP contribution in [0.2, 0.25) is 5.02 Å². The summed E-state index contributed by atoms with van der Waals surface area (Å²) in [6.07, 6.45) is -1.34. The van der Waals surface area contributed by atoms with Crippen LogP contribution in [0.5, 0.6) is 5.75 Å². The SMILES string of the molecule is COc1ccc(C)cc1NC(=O)[C@@H](OC(=O)c1ccc(Cl)c(S(N)(=O)=O)c1)c1ccccc1. The Morgan fingerprint density at radius 2 is 1.73 bits per heavy atom. The van der Waals surface area contributed by atoms with Crippen molar-refractivity contribution in [1.29, 1.82) is 0 Å². The third-order valence-corrected chi connectivity index (χ3v) is 6.04. The predicted molar refractivity (Wildman–Crippen MR) is 124 cm³/mol. The molecule has 0 aliphatic heterocycles. The summed E-state index contributed by atoms with van der Waals surface area (Å²) in [6.45, 7) is 1.85. The maximum Gasteiger partial charge on any atom is 0.339 e. The van der Waals surface area contributed by atoms with Crippen molar-refractivity contribution in [3.8, 4) is 5.75 Å². The normalized spacial score (nSPS) is 12.0. The van der Waals surface area contributed by atoms with E-state index < -0.39 is 32.9 Å². The molecule has 0 aromatic heterocycles. The van der Waals surface area contributed by atoms with Crippen molar-refractivity contribution in [3.63, 3.8) is 0 Å². The van der Waals surface area contributed by atoms with Gasteiger partial charge in [-0.2, -0.15) is 0 Å². The van der Waals surface area contributed by atoms with Crippen molar-refractivity contribution in [2.45, 2.75) is 17.9 Å². The summed E-state index contributed by atoms with van der Waals surface area (Å²) in [6, 6.07) is 17.1. The molecule has 3 rings (SSSR count). The molecule has 0 saturated carbocycles. The summed E-state index contributed by atoms with van der Waals surface area (Å²) < 4.78 is 34.3. The quantitative estimate of drug-likeness (QED) is 0.487. The lowest BCUT2D eigenvalue weighted by Gasteiger charge is -2.19. The molecule has 1 atom stereocenters. The van der Waals surface area contributed by atoms with E-state index in [-0.39, 0.29) is 10.6 Å². The van der Waals surface area contributed by atoms with E-state index in [0.29, 0.717) is 17.0 Å². The van der Waals surface area contributed by atoms with E-state index in [1.54, 1.807) is 42.5 Å². The number of anilines is 1. The van der Waals surface area contributed by atoms with Gasteiger partial charge in [-0.25, -0.2) is 18.4 Å². The van der Waals surface area contributed by atoms with Crippen LogP contribution in [-0.4, -0.2) is 27.4 Å². The maximum absolute atomic E-state index is 13.2. The number of halogens is 1. The number of sulfonamides is 1. The highest BCUT2D eigenvalue weighted by Gasteiger charge is 2.27. The Hall–Kier alpha value is -3.40. The fourth-order valence-corrected chi connectivity index (χ4v) is 4.11. The van der Waals surface area contributed by atoms with Gasteiger partial charge in [0.2, 0.25) is 16.1 Å². The van der Waals surface area contributed by atoms with Crippen molar-refractivity contribution < 1.29 is 27.5 Å². The summed E-state index contributed by atoms with van der Waals surface area (Å²) in [5, 5.41) is 7.74. The number of primary sulfonamides is 1. The zero-order chi connectivity index (χ0) is 24.2. The summed E-state index contributed by atoms with van der Waals surface area (Å²) in [4.78, 5) is 25.6. The number of hydrogen-bond donors (Lipinski definition) is 2. The van der Waals surface area contributed by atoms with Crippen LogP contribution in [-0.2, 0) is 19.6 Å². The molecule has 0 saturated heterocycles. The third-order valence-electron chi connectivity index (χ3n) is 4.65. The first-order chi connectivity index (χ1) is 15.6. The smallest absolute Gasteiger partial charge is 0.339 e. The topological polar surface area (TPSA) is 125 Å². The molecule has 0 bridgehead atoms. The minimum absolute atomic E-state index is 0.134. The van der Waals surface area contributed by atoms with Crippen LogP contribution in [0.4, 0.5) is 5.69 Å². The molecule has 0 aliphatic rings. The Kier molecular flexibility index (Phi) is 7.37. The predicted octanol–water partition coefficient (Wildman–Crippen LogP) is 3.84. The number of carbonyl (C=O) groups excluding carboxylic acids is 2. The summed E-state index contributed by atoms with van der Waals surface area (Å²) in [5.74, 6) is -1.13. The molecule has 3 aromatic rings. The maximum atomic E-state index is 13.2. The van der Waals surface area contributed by atoms with Crippen LogP contribution < -0.4 is 15.2 Å². The average molecular weight is 489 g/mol. The lowest BCUT2D eigenvalue weighted by Crippen LogP contribution is -2.26. The Labute approximate surface area is 196 Å². The number of carbonyl (C=O) groups is 2. The summed E-state index contributed by atoms with van der Waals surface area (Å²) >= 11 is 5.88. The van der Waals surface area contributed by atoms with Crippen LogP contribution in [0, 0.1) is 6.92 Å². The minimum atomic E-state index is -4.17. The van der Waals surface area contributed by atoms with Gasteiger partial charge in [0.1, 0.15) is 10.6 Å². The molecule has 3 N–H and O–H groups in total. The Bertz CT molecular complexity index is 1300. The van der Waals surface area contributed by atoms with E-state index in [1.807, 2.05) is 13.0 Å². The molecule has 0 radical (unpaired) electrons. The highest BCUT2D eigenvalue weighted by molar-refractivity contribution is 7.89. The van der Waals surface area contributed by atoms with E-state index >= 15 is 0 Å². The van der Waals surface area contributed by atoms with Crippen LogP contribution in [0.1, 0.15) is 27.6 Å². The van der Waals surface area contributed by atoms with Gasteiger partial charge >= 0.3 is 5.97 Å². The summed E-state index contributed by atoms with van der Waals surface area (Å²) in [5.41, 5.74) is 1.57. The second kappa shape index (κ2) is 10.0. The fourth-order valence-electron chi connectivity index (χ4n) is 3.04. The highest BCUT2D eigenvalue weighted by Crippen LogP contribution is 2.29. The third kappa shape index (κ3) is 5.89. The number of nitrogens with one attached hydrogen (secondary N) is 1. The second-order valence-corrected chi connectivity index (χ2v) is 9.02. The molecule has 0 heterocycles. The van der Waals surface area contributed by atoms with Gasteiger partial charge in [0.25, 0.3) is 5.91 Å². The number of benzene rings is 3. The molecule has 0 fully saturated rings. The number of rotatable bonds is 7. The van der Waals surface area contributed by atoms with Crippen molar-refractivity contribution >= 4 is 39.2 Å². The number of amides is 1. The molecule has 0 unspecified atom stereocenters. The first-order valence-electron chi connectivity index (χ1n) is 9.64. The lowest BCUT2D eigenvalue weighted by molar-refractivity contribution is -0.125. The number of methoxy groups -OCH3 is 1. The number of hydrogen-bond acceptors (Lipinski definition) is 6. The number of esters is 1. The average Bonchev–Trinajstić information content (AvgIpc) is 2.77. The highest BCUT2D eigenvalue weighted by atomic mass is 35.5. The van der Waals surface area contributed by atoms with E-state index in [1.165, 1.54) is 19.2 Å². The van der Waals surface area contributed by atoms with E-state index in [2.05, 4.69) is 5.32 Å². The first kappa shape index (κ1) is 24.2. The van der Waals surface area contributed by atoms with Gasteiger partial charge in [-0.3, -0.25) is 4.79 Å². The molecule has 3 aromatic carbocycles. The molecule has 172 valence electrons. The Morgan fingerprint density at radius 1 is 1.03 bits per heavy atom. The summed E-state index contributed by atoms with van der Waals surface area (Å²) in [7, 11) is -2.70. The lowest BCUT2D eigenvalue weighted by atomic mass is 10.1. The zero-order valence-corrected chi connectivity index (χ0v) is 19.3. The van der Waals surface area contributed by atoms with Crippen molar-refractivity contribution in [2.24, 2.45) is 5.14 Å². The van der Waals surface area contributed by atoms with Crippen LogP contribution in [0.3, 0.4) is 0 Å². The number of nitrogens with two attached hydrogens (primary N) is 1. The molecule has 8 nitrogen and oxygen atoms in total.